The minimum atomic E-state index is 0.585. The second-order valence-corrected chi connectivity index (χ2v) is 31.1. The highest BCUT2D eigenvalue weighted by atomic mass is 32.1. The average molecular weight is 1490 g/mol. The van der Waals surface area contributed by atoms with Crippen LogP contribution in [0.4, 0.5) is 0 Å². The largest absolute Gasteiger partial charge is 0.309 e. The van der Waals surface area contributed by atoms with Crippen LogP contribution in [0.2, 0.25) is 0 Å². The predicted octanol–water partition coefficient (Wildman–Crippen LogP) is 27.5. The van der Waals surface area contributed by atoms with Crippen molar-refractivity contribution < 1.29 is 0 Å². The van der Waals surface area contributed by atoms with Gasteiger partial charge < -0.3 is 9.13 Å². The molecule has 0 aliphatic carbocycles. The predicted molar refractivity (Wildman–Crippen MR) is 478 cm³/mol. The van der Waals surface area contributed by atoms with Crippen LogP contribution in [-0.2, 0) is 0 Å². The van der Waals surface area contributed by atoms with Gasteiger partial charge >= 0.3 is 0 Å². The third kappa shape index (κ3) is 10.6. The number of benzene rings is 16. The molecule has 16 aromatic carbocycles. The maximum atomic E-state index is 5.36. The van der Waals surface area contributed by atoms with Crippen molar-refractivity contribution in [2.45, 2.75) is 0 Å². The summed E-state index contributed by atoms with van der Waals surface area (Å²) in [6.07, 6.45) is 0. The van der Waals surface area contributed by atoms with Crippen molar-refractivity contribution in [1.82, 2.24) is 43.2 Å². The summed E-state index contributed by atoms with van der Waals surface area (Å²) in [4.78, 5) is 26.2. The lowest BCUT2D eigenvalue weighted by atomic mass is 10.0. The van der Waals surface area contributed by atoms with E-state index in [9.17, 15) is 0 Å². The molecule has 11 heteroatoms. The Labute approximate surface area is 661 Å². The smallest absolute Gasteiger partial charge is 0.238 e. The zero-order valence-electron chi connectivity index (χ0n) is 61.2. The molecule has 24 rings (SSSR count). The van der Waals surface area contributed by atoms with Gasteiger partial charge in [-0.2, -0.15) is 9.97 Å². The highest BCUT2D eigenvalue weighted by molar-refractivity contribution is 7.27. The first-order valence-electron chi connectivity index (χ1n) is 38.4. The molecule has 0 bridgehead atoms. The highest BCUT2D eigenvalue weighted by Crippen LogP contribution is 2.48. The summed E-state index contributed by atoms with van der Waals surface area (Å²) in [6, 6.07) is 136. The number of fused-ring (bicyclic) bond motifs is 20. The van der Waals surface area contributed by atoms with Gasteiger partial charge in [0.1, 0.15) is 0 Å². The van der Waals surface area contributed by atoms with Gasteiger partial charge in [0, 0.05) is 117 Å². The molecule has 532 valence electrons. The lowest BCUT2D eigenvalue weighted by Gasteiger charge is -2.12. The maximum Gasteiger partial charge on any atom is 0.238 e. The van der Waals surface area contributed by atoms with E-state index in [0.29, 0.717) is 23.5 Å². The molecule has 9 nitrogen and oxygen atoms in total. The molecule has 8 aromatic heterocycles. The number of para-hydroxylation sites is 4. The molecule has 0 spiro atoms. The van der Waals surface area contributed by atoms with E-state index >= 15 is 0 Å². The van der Waals surface area contributed by atoms with Gasteiger partial charge in [-0.05, 0) is 125 Å². The fourth-order valence-electron chi connectivity index (χ4n) is 17.3. The monoisotopic (exact) mass is 1490 g/mol. The van der Waals surface area contributed by atoms with Crippen LogP contribution < -0.4 is 0 Å². The number of nitrogens with zero attached hydrogens (tertiary/aromatic N) is 9. The first-order valence-corrected chi connectivity index (χ1v) is 40.0. The Morgan fingerprint density at radius 1 is 0.184 bits per heavy atom. The molecule has 0 fully saturated rings. The molecule has 8 heterocycles. The van der Waals surface area contributed by atoms with Gasteiger partial charge in [0.15, 0.2) is 11.6 Å². The van der Waals surface area contributed by atoms with E-state index in [1.54, 1.807) is 0 Å². The van der Waals surface area contributed by atoms with Gasteiger partial charge in [-0.15, -0.1) is 22.7 Å². The van der Waals surface area contributed by atoms with Crippen LogP contribution in [0.3, 0.4) is 0 Å². The first-order chi connectivity index (χ1) is 56.5. The van der Waals surface area contributed by atoms with Crippen molar-refractivity contribution >= 4 is 150 Å². The number of hydrogen-bond acceptors (Lipinski definition) is 7. The molecule has 0 amide bonds. The van der Waals surface area contributed by atoms with Crippen LogP contribution in [0.5, 0.6) is 0 Å². The molecule has 24 aromatic rings. The molecule has 0 saturated heterocycles. The molecular weight excluding hydrogens is 1430 g/mol. The van der Waals surface area contributed by atoms with Gasteiger partial charge in [0.25, 0.3) is 0 Å². The number of hydrogen-bond donors (Lipinski definition) is 0. The minimum absolute atomic E-state index is 0.585. The Kier molecular flexibility index (Phi) is 15.1. The fraction of sp³-hybridized carbons (Fsp3) is 0. The highest BCUT2D eigenvalue weighted by Gasteiger charge is 2.26. The van der Waals surface area contributed by atoms with Crippen molar-refractivity contribution in [2.75, 3.05) is 0 Å². The normalized spacial score (nSPS) is 11.9. The van der Waals surface area contributed by atoms with Gasteiger partial charge in [0.2, 0.25) is 11.9 Å². The molecule has 0 aliphatic heterocycles. The van der Waals surface area contributed by atoms with Crippen molar-refractivity contribution in [1.29, 1.82) is 0 Å². The van der Waals surface area contributed by atoms with Crippen molar-refractivity contribution in [3.05, 3.63) is 382 Å². The standard InChI is InChI=1S/C52H32N4S.C51H31N5S/c1-4-14-33(15-5-1)43-32-44(34-16-6-2-7-17-34)54-52(53-43)56-47-29-27-40-39-21-11-13-23-49(39)57-51(40)50(47)41-26-24-36(31-48(41)56)35-25-28-46-42(30-35)38-20-10-12-22-45(38)55(46)37-18-8-3-9-19-37;1-4-14-32(15-5-1)49-52-50(33-16-6-2-7-17-33)54-51(53-49)56-44-29-27-39-38-21-11-13-23-46(38)57-48(39)47(44)40-26-24-35(31-45(40)56)34-25-28-43-41(30-34)37-20-10-12-22-42(37)55(43)36-18-8-3-9-19-36/h1-32H;1-31H. The fourth-order valence-corrected chi connectivity index (χ4v) is 19.8. The van der Waals surface area contributed by atoms with Crippen LogP contribution in [0, 0.1) is 0 Å². The Hall–Kier alpha value is -14.8. The summed E-state index contributed by atoms with van der Waals surface area (Å²) in [5.74, 6) is 2.50. The van der Waals surface area contributed by atoms with Gasteiger partial charge in [-0.25, -0.2) is 15.0 Å². The van der Waals surface area contributed by atoms with E-state index in [2.05, 4.69) is 352 Å². The maximum absolute atomic E-state index is 5.36. The Balaban J connectivity index is 0.000000135. The van der Waals surface area contributed by atoms with Crippen LogP contribution in [0.1, 0.15) is 0 Å². The topological polar surface area (TPSA) is 84.2 Å². The molecule has 0 saturated carbocycles. The zero-order valence-corrected chi connectivity index (χ0v) is 62.8. The summed E-state index contributed by atoms with van der Waals surface area (Å²) in [6.45, 7) is 0. The second-order valence-electron chi connectivity index (χ2n) is 29.0. The zero-order chi connectivity index (χ0) is 74.9. The van der Waals surface area contributed by atoms with Crippen LogP contribution >= 0.6 is 22.7 Å². The SMILES string of the molecule is c1ccc(-c2cc(-c3ccccc3)nc(-n3c4cc(-c5ccc6c(c5)c5ccccc5n6-c5ccccc5)ccc4c4c5sc6ccccc6c5ccc43)n2)cc1.c1ccc(-c2nc(-c3ccccc3)nc(-n3c4cc(-c5ccc6c(c5)c5ccccc5n6-c5ccccc5)ccc4c4c5sc6ccccc6c5ccc43)n2)cc1. The lowest BCUT2D eigenvalue weighted by molar-refractivity contribution is 0.954. The lowest BCUT2D eigenvalue weighted by Crippen LogP contribution is -2.06. The summed E-state index contributed by atoms with van der Waals surface area (Å²) < 4.78 is 14.4. The van der Waals surface area contributed by atoms with Gasteiger partial charge in [-0.3, -0.25) is 9.13 Å². The van der Waals surface area contributed by atoms with Gasteiger partial charge in [0.05, 0.1) is 55.5 Å². The molecule has 0 unspecified atom stereocenters. The van der Waals surface area contributed by atoms with E-state index in [1.165, 1.54) is 100 Å². The van der Waals surface area contributed by atoms with Crippen LogP contribution in [-0.4, -0.2) is 43.2 Å². The van der Waals surface area contributed by atoms with E-state index in [-0.39, 0.29) is 0 Å². The Morgan fingerprint density at radius 3 is 0.939 bits per heavy atom. The quantitative estimate of drug-likeness (QED) is 0.136. The minimum Gasteiger partial charge on any atom is -0.309 e. The molecule has 0 atom stereocenters. The third-order valence-electron chi connectivity index (χ3n) is 22.5. The van der Waals surface area contributed by atoms with Crippen molar-refractivity contribution in [3.8, 4) is 90.8 Å². The van der Waals surface area contributed by atoms with Gasteiger partial charge in [-0.1, -0.05) is 279 Å². The second kappa shape index (κ2) is 26.5. The molecule has 114 heavy (non-hydrogen) atoms. The third-order valence-corrected chi connectivity index (χ3v) is 24.9. The Morgan fingerprint density at radius 2 is 0.509 bits per heavy atom. The van der Waals surface area contributed by atoms with Crippen LogP contribution in [0.25, 0.3) is 218 Å². The molecule has 0 N–H and O–H groups in total. The number of aromatic nitrogens is 9. The first kappa shape index (κ1) is 65.2. The summed E-state index contributed by atoms with van der Waals surface area (Å²) in [5, 5.41) is 14.8. The van der Waals surface area contributed by atoms with Crippen molar-refractivity contribution in [3.63, 3.8) is 0 Å². The van der Waals surface area contributed by atoms with E-state index in [4.69, 9.17) is 24.9 Å². The molecule has 0 aliphatic rings. The van der Waals surface area contributed by atoms with Crippen molar-refractivity contribution in [2.24, 2.45) is 0 Å². The average Bonchev–Trinajstić information content (AvgIpc) is 1.56. The van der Waals surface area contributed by atoms with E-state index < -0.39 is 0 Å². The summed E-state index contributed by atoms with van der Waals surface area (Å²) >= 11 is 3.71. The Bertz CT molecular complexity index is 7370. The summed E-state index contributed by atoms with van der Waals surface area (Å²) in [5.41, 5.74) is 21.6. The number of thiophene rings is 2. The summed E-state index contributed by atoms with van der Waals surface area (Å²) in [7, 11) is 0. The van der Waals surface area contributed by atoms with E-state index in [1.807, 2.05) is 71.2 Å². The molecule has 0 radical (unpaired) electrons. The number of rotatable bonds is 10. The molecular formula is C103H63N9S2. The van der Waals surface area contributed by atoms with E-state index in [0.717, 1.165) is 94.7 Å². The van der Waals surface area contributed by atoms with Crippen LogP contribution in [0.15, 0.2) is 382 Å².